The quantitative estimate of drug-likeness (QED) is 0.524. The molecule has 1 aliphatic rings. The zero-order valence-corrected chi connectivity index (χ0v) is 6.60. The molecule has 2 rings (SSSR count). The van der Waals surface area contributed by atoms with Crippen LogP contribution in [0.2, 0.25) is 0 Å². The Bertz CT molecular complexity index is 276. The van der Waals surface area contributed by atoms with E-state index in [4.69, 9.17) is 0 Å². The Kier molecular flexibility index (Phi) is 1.40. The fourth-order valence-corrected chi connectivity index (χ4v) is 1.63. The van der Waals surface area contributed by atoms with Crippen molar-refractivity contribution in [2.24, 2.45) is 0 Å². The van der Waals surface area contributed by atoms with Crippen LogP contribution in [-0.4, -0.2) is 0 Å². The van der Waals surface area contributed by atoms with Crippen LogP contribution < -0.4 is 0 Å². The molecule has 0 nitrogen and oxygen atoms in total. The summed E-state index contributed by atoms with van der Waals surface area (Å²) in [5.41, 5.74) is 2.71. The van der Waals surface area contributed by atoms with Crippen molar-refractivity contribution in [3.63, 3.8) is 0 Å². The molecule has 0 heterocycles. The Morgan fingerprint density at radius 2 is 2.00 bits per heavy atom. The van der Waals surface area contributed by atoms with Crippen LogP contribution in [0.3, 0.4) is 0 Å². The molecule has 1 unspecified atom stereocenters. The molecule has 1 aromatic rings. The monoisotopic (exact) mass is 170 g/mol. The first-order chi connectivity index (χ1) is 4.88. The minimum atomic E-state index is 0.434. The van der Waals surface area contributed by atoms with Crippen molar-refractivity contribution >= 4 is 6.08 Å². The van der Waals surface area contributed by atoms with Crippen LogP contribution in [0.5, 0.6) is 0 Å². The summed E-state index contributed by atoms with van der Waals surface area (Å²) < 4.78 is 0. The van der Waals surface area contributed by atoms with Gasteiger partial charge < -0.3 is 0 Å². The van der Waals surface area contributed by atoms with E-state index in [1.54, 1.807) is 0 Å². The molecule has 0 saturated heterocycles. The average molecular weight is 170 g/mol. The van der Waals surface area contributed by atoms with Crippen molar-refractivity contribution in [1.82, 2.24) is 0 Å². The first-order valence-corrected chi connectivity index (χ1v) is 3.97. The fraction of sp³-hybridized carbons (Fsp3) is 0.111. The van der Waals surface area contributed by atoms with Crippen LogP contribution >= 0.6 is 0 Å². The third-order valence-corrected chi connectivity index (χ3v) is 2.33. The van der Waals surface area contributed by atoms with Gasteiger partial charge in [0.15, 0.2) is 0 Å². The standard InChI is InChI=1S/C9H7.Mn/c1-2-5-9-7-3-6-8(9)4-1;/h1-7H;. The number of benzene rings is 1. The van der Waals surface area contributed by atoms with Crippen molar-refractivity contribution < 1.29 is 16.0 Å². The molecule has 1 atom stereocenters. The first kappa shape index (κ1) is 6.21. The molecule has 0 fully saturated rings. The van der Waals surface area contributed by atoms with Gasteiger partial charge in [-0.3, -0.25) is 0 Å². The number of rotatable bonds is 0. The summed E-state index contributed by atoms with van der Waals surface area (Å²) in [5.74, 6) is 0. The van der Waals surface area contributed by atoms with Gasteiger partial charge >= 0.3 is 68.4 Å². The van der Waals surface area contributed by atoms with Gasteiger partial charge in [-0.1, -0.05) is 0 Å². The second kappa shape index (κ2) is 2.26. The molecular weight excluding hydrogens is 163 g/mol. The molecule has 1 aliphatic carbocycles. The Morgan fingerprint density at radius 3 is 2.80 bits per heavy atom. The first-order valence-electron chi connectivity index (χ1n) is 3.29. The second-order valence-electron chi connectivity index (χ2n) is 2.39. The van der Waals surface area contributed by atoms with Crippen molar-refractivity contribution in [1.29, 1.82) is 0 Å². The summed E-state index contributed by atoms with van der Waals surface area (Å²) in [6, 6.07) is 8.41. The van der Waals surface area contributed by atoms with Crippen molar-refractivity contribution in [2.45, 2.75) is 4.82 Å². The van der Waals surface area contributed by atoms with Crippen molar-refractivity contribution in [3.05, 3.63) is 41.5 Å². The second-order valence-corrected chi connectivity index (χ2v) is 3.12. The molecule has 0 aromatic heterocycles. The van der Waals surface area contributed by atoms with E-state index in [-0.39, 0.29) is 0 Å². The van der Waals surface area contributed by atoms with Crippen molar-refractivity contribution in [2.75, 3.05) is 0 Å². The summed E-state index contributed by atoms with van der Waals surface area (Å²) in [7, 11) is 0. The molecule has 10 heavy (non-hydrogen) atoms. The zero-order valence-electron chi connectivity index (χ0n) is 5.42. The normalized spacial score (nSPS) is 21.1. The number of allylic oxidation sites excluding steroid dienone is 1. The summed E-state index contributed by atoms with van der Waals surface area (Å²) in [6.45, 7) is 0. The van der Waals surface area contributed by atoms with Crippen LogP contribution in [0.4, 0.5) is 0 Å². The van der Waals surface area contributed by atoms with E-state index in [1.807, 2.05) is 0 Å². The summed E-state index contributed by atoms with van der Waals surface area (Å²) in [5, 5.41) is 0. The molecule has 0 bridgehead atoms. The molecule has 0 N–H and O–H groups in total. The molecule has 0 radical (unpaired) electrons. The van der Waals surface area contributed by atoms with Crippen molar-refractivity contribution in [3.8, 4) is 0 Å². The van der Waals surface area contributed by atoms with Gasteiger partial charge in [-0.05, 0) is 0 Å². The molecule has 0 saturated carbocycles. The Morgan fingerprint density at radius 1 is 1.20 bits per heavy atom. The van der Waals surface area contributed by atoms with Crippen LogP contribution in [-0.2, 0) is 16.0 Å². The van der Waals surface area contributed by atoms with Gasteiger partial charge in [-0.15, -0.1) is 0 Å². The Hall–Kier alpha value is -0.521. The Balaban J connectivity index is 2.59. The molecule has 1 heteroatoms. The molecular formula is C9H7Mn. The van der Waals surface area contributed by atoms with Gasteiger partial charge in [0.25, 0.3) is 0 Å². The van der Waals surface area contributed by atoms with E-state index >= 15 is 0 Å². The van der Waals surface area contributed by atoms with Gasteiger partial charge in [-0.25, -0.2) is 0 Å². The van der Waals surface area contributed by atoms with E-state index in [0.29, 0.717) is 4.82 Å². The summed E-state index contributed by atoms with van der Waals surface area (Å²) in [6.07, 6.45) is 4.30. The van der Waals surface area contributed by atoms with Gasteiger partial charge in [-0.2, -0.15) is 0 Å². The van der Waals surface area contributed by atoms with E-state index in [0.717, 1.165) is 0 Å². The summed E-state index contributed by atoms with van der Waals surface area (Å²) >= 11 is 3.55. The predicted molar refractivity (Wildman–Crippen MR) is 38.2 cm³/mol. The third-order valence-electron chi connectivity index (χ3n) is 1.74. The van der Waals surface area contributed by atoms with Gasteiger partial charge in [0.1, 0.15) is 0 Å². The minimum absolute atomic E-state index is 0.434. The zero-order chi connectivity index (χ0) is 6.97. The van der Waals surface area contributed by atoms with Gasteiger partial charge in [0.2, 0.25) is 0 Å². The van der Waals surface area contributed by atoms with Crippen LogP contribution in [0.1, 0.15) is 15.9 Å². The molecule has 0 amide bonds. The van der Waals surface area contributed by atoms with Gasteiger partial charge in [0.05, 0.1) is 0 Å². The van der Waals surface area contributed by atoms with E-state index in [2.05, 4.69) is 52.4 Å². The fourth-order valence-electron chi connectivity index (χ4n) is 1.21. The third kappa shape index (κ3) is 0.828. The predicted octanol–water partition coefficient (Wildman–Crippen LogP) is 2.30. The molecule has 1 aromatic carbocycles. The topological polar surface area (TPSA) is 0 Å². The number of fused-ring (bicyclic) bond motifs is 1. The number of hydrogen-bond donors (Lipinski definition) is 0. The molecule has 50 valence electrons. The van der Waals surface area contributed by atoms with Crippen LogP contribution in [0, 0.1) is 0 Å². The molecule has 0 spiro atoms. The Labute approximate surface area is 68.8 Å². The molecule has 0 aliphatic heterocycles. The summed E-state index contributed by atoms with van der Waals surface area (Å²) in [4.78, 5) is 0.434. The maximum absolute atomic E-state index is 3.55. The van der Waals surface area contributed by atoms with E-state index in [1.165, 1.54) is 11.1 Å². The van der Waals surface area contributed by atoms with Gasteiger partial charge in [0, 0.05) is 0 Å². The average Bonchev–Trinajstić information content (AvgIpc) is 2.34. The number of hydrogen-bond acceptors (Lipinski definition) is 0. The van der Waals surface area contributed by atoms with E-state index in [9.17, 15) is 0 Å². The maximum atomic E-state index is 3.55. The van der Waals surface area contributed by atoms with E-state index < -0.39 is 0 Å². The SMILES string of the molecule is [Mn][CH]1C=Cc2ccccc21. The van der Waals surface area contributed by atoms with Crippen LogP contribution in [0.25, 0.3) is 6.08 Å². The van der Waals surface area contributed by atoms with Crippen LogP contribution in [0.15, 0.2) is 30.3 Å².